The van der Waals surface area contributed by atoms with Gasteiger partial charge in [-0.25, -0.2) is 0 Å². The van der Waals surface area contributed by atoms with Gasteiger partial charge in [0.15, 0.2) is 6.61 Å². The predicted octanol–water partition coefficient (Wildman–Crippen LogP) is 4.20. The average molecular weight is 390 g/mol. The summed E-state index contributed by atoms with van der Waals surface area (Å²) < 4.78 is 11.8. The maximum absolute atomic E-state index is 12.6. The van der Waals surface area contributed by atoms with Gasteiger partial charge in [0.05, 0.1) is 13.2 Å². The first kappa shape index (κ1) is 16.8. The van der Waals surface area contributed by atoms with Crippen molar-refractivity contribution in [3.63, 3.8) is 0 Å². The van der Waals surface area contributed by atoms with Crippen LogP contribution in [0.3, 0.4) is 0 Å². The Kier molecular flexibility index (Phi) is 5.41. The normalized spacial score (nSPS) is 16.9. The summed E-state index contributed by atoms with van der Waals surface area (Å²) in [5.41, 5.74) is 1.14. The van der Waals surface area contributed by atoms with Crippen LogP contribution in [0.1, 0.15) is 24.4 Å². The number of amides is 1. The Labute approximate surface area is 150 Å². The van der Waals surface area contributed by atoms with Crippen LogP contribution in [0.25, 0.3) is 0 Å². The second-order valence-electron chi connectivity index (χ2n) is 5.76. The highest BCUT2D eigenvalue weighted by Crippen LogP contribution is 2.32. The summed E-state index contributed by atoms with van der Waals surface area (Å²) in [7, 11) is 1.65. The number of hydrogen-bond acceptors (Lipinski definition) is 3. The van der Waals surface area contributed by atoms with Gasteiger partial charge in [-0.3, -0.25) is 4.79 Å². The van der Waals surface area contributed by atoms with E-state index in [0.29, 0.717) is 5.75 Å². The van der Waals surface area contributed by atoms with E-state index in [4.69, 9.17) is 9.47 Å². The number of hydrogen-bond donors (Lipinski definition) is 0. The summed E-state index contributed by atoms with van der Waals surface area (Å²) in [5, 5.41) is 0. The molecule has 0 aromatic heterocycles. The van der Waals surface area contributed by atoms with E-state index in [1.807, 2.05) is 53.4 Å². The van der Waals surface area contributed by atoms with Gasteiger partial charge in [0.2, 0.25) is 0 Å². The largest absolute Gasteiger partial charge is 0.497 e. The number of carbonyl (C=O) groups excluding carboxylic acids is 1. The summed E-state index contributed by atoms with van der Waals surface area (Å²) in [6.07, 6.45) is 1.99. The van der Waals surface area contributed by atoms with Crippen LogP contribution < -0.4 is 9.47 Å². The fraction of sp³-hybridized carbons (Fsp3) is 0.316. The minimum Gasteiger partial charge on any atom is -0.497 e. The Hall–Kier alpha value is -2.01. The van der Waals surface area contributed by atoms with Crippen molar-refractivity contribution in [1.82, 2.24) is 4.90 Å². The molecule has 1 atom stereocenters. The summed E-state index contributed by atoms with van der Waals surface area (Å²) in [4.78, 5) is 14.5. The third-order valence-electron chi connectivity index (χ3n) is 4.23. The maximum Gasteiger partial charge on any atom is 0.261 e. The number of carbonyl (C=O) groups is 1. The lowest BCUT2D eigenvalue weighted by atomic mass is 10.0. The second kappa shape index (κ2) is 7.71. The fourth-order valence-electron chi connectivity index (χ4n) is 3.02. The van der Waals surface area contributed by atoms with E-state index in [9.17, 15) is 4.79 Å². The first-order chi connectivity index (χ1) is 11.7. The average Bonchev–Trinajstić information content (AvgIpc) is 3.09. The first-order valence-electron chi connectivity index (χ1n) is 7.99. The van der Waals surface area contributed by atoms with Crippen molar-refractivity contribution >= 4 is 21.8 Å². The molecule has 0 spiro atoms. The minimum atomic E-state index is 0.0216. The van der Waals surface area contributed by atoms with Crippen LogP contribution in [-0.2, 0) is 4.79 Å². The SMILES string of the molecule is COc1ccc([C@H]2CCCN2C(=O)COc2cccc(Br)c2)cc1. The van der Waals surface area contributed by atoms with Crippen LogP contribution in [0, 0.1) is 0 Å². The zero-order chi connectivity index (χ0) is 16.9. The second-order valence-corrected chi connectivity index (χ2v) is 6.68. The minimum absolute atomic E-state index is 0.0216. The van der Waals surface area contributed by atoms with Crippen LogP contribution in [-0.4, -0.2) is 31.1 Å². The molecule has 2 aromatic carbocycles. The molecular formula is C19H20BrNO3. The molecule has 5 heteroatoms. The van der Waals surface area contributed by atoms with Crippen LogP contribution >= 0.6 is 15.9 Å². The highest BCUT2D eigenvalue weighted by Gasteiger charge is 2.30. The molecule has 0 bridgehead atoms. The molecule has 0 saturated carbocycles. The number of halogens is 1. The van der Waals surface area contributed by atoms with Crippen molar-refractivity contribution in [2.24, 2.45) is 0 Å². The highest BCUT2D eigenvalue weighted by molar-refractivity contribution is 9.10. The molecule has 4 nitrogen and oxygen atoms in total. The van der Waals surface area contributed by atoms with E-state index >= 15 is 0 Å². The van der Waals surface area contributed by atoms with E-state index in [1.54, 1.807) is 7.11 Å². The van der Waals surface area contributed by atoms with Crippen molar-refractivity contribution in [3.8, 4) is 11.5 Å². The number of likely N-dealkylation sites (tertiary alicyclic amines) is 1. The van der Waals surface area contributed by atoms with E-state index in [-0.39, 0.29) is 18.6 Å². The van der Waals surface area contributed by atoms with Crippen LogP contribution in [0.15, 0.2) is 53.0 Å². The third-order valence-corrected chi connectivity index (χ3v) is 4.73. The van der Waals surface area contributed by atoms with Gasteiger partial charge < -0.3 is 14.4 Å². The zero-order valence-corrected chi connectivity index (χ0v) is 15.2. The van der Waals surface area contributed by atoms with Gasteiger partial charge in [-0.1, -0.05) is 34.1 Å². The number of benzene rings is 2. The lowest BCUT2D eigenvalue weighted by Gasteiger charge is -2.25. The number of methoxy groups -OCH3 is 1. The van der Waals surface area contributed by atoms with Crippen molar-refractivity contribution < 1.29 is 14.3 Å². The molecule has 1 saturated heterocycles. The van der Waals surface area contributed by atoms with E-state index in [2.05, 4.69) is 15.9 Å². The summed E-state index contributed by atoms with van der Waals surface area (Å²) >= 11 is 3.40. The summed E-state index contributed by atoms with van der Waals surface area (Å²) in [6.45, 7) is 0.834. The van der Waals surface area contributed by atoms with Crippen molar-refractivity contribution in [3.05, 3.63) is 58.6 Å². The standard InChI is InChI=1S/C19H20BrNO3/c1-23-16-9-7-14(8-10-16)18-6-3-11-21(18)19(22)13-24-17-5-2-4-15(20)12-17/h2,4-5,7-10,12,18H,3,6,11,13H2,1H3/t18-/m1/s1. The highest BCUT2D eigenvalue weighted by atomic mass is 79.9. The van der Waals surface area contributed by atoms with E-state index in [0.717, 1.165) is 35.2 Å². The Morgan fingerprint density at radius 1 is 1.21 bits per heavy atom. The molecule has 24 heavy (non-hydrogen) atoms. The Morgan fingerprint density at radius 3 is 2.71 bits per heavy atom. The van der Waals surface area contributed by atoms with Crippen LogP contribution in [0.5, 0.6) is 11.5 Å². The summed E-state index contributed by atoms with van der Waals surface area (Å²) in [6, 6.07) is 15.6. The zero-order valence-electron chi connectivity index (χ0n) is 13.6. The van der Waals surface area contributed by atoms with Gasteiger partial charge in [0.25, 0.3) is 5.91 Å². The monoisotopic (exact) mass is 389 g/mol. The first-order valence-corrected chi connectivity index (χ1v) is 8.78. The summed E-state index contributed by atoms with van der Waals surface area (Å²) in [5.74, 6) is 1.54. The van der Waals surface area contributed by atoms with Gasteiger partial charge >= 0.3 is 0 Å². The lowest BCUT2D eigenvalue weighted by molar-refractivity contribution is -0.134. The molecule has 2 aromatic rings. The molecule has 1 fully saturated rings. The Morgan fingerprint density at radius 2 is 2.00 bits per heavy atom. The van der Waals surface area contributed by atoms with Crippen molar-refractivity contribution in [1.29, 1.82) is 0 Å². The lowest BCUT2D eigenvalue weighted by Crippen LogP contribution is -2.34. The topological polar surface area (TPSA) is 38.8 Å². The van der Waals surface area contributed by atoms with E-state index in [1.165, 1.54) is 0 Å². The van der Waals surface area contributed by atoms with Gasteiger partial charge in [0, 0.05) is 11.0 Å². The molecule has 0 N–H and O–H groups in total. The Balaban J connectivity index is 1.64. The quantitative estimate of drug-likeness (QED) is 0.768. The molecule has 1 aliphatic rings. The number of nitrogens with zero attached hydrogens (tertiary/aromatic N) is 1. The molecule has 0 aliphatic carbocycles. The van der Waals surface area contributed by atoms with Crippen molar-refractivity contribution in [2.75, 3.05) is 20.3 Å². The fourth-order valence-corrected chi connectivity index (χ4v) is 3.40. The Bertz CT molecular complexity index is 702. The van der Waals surface area contributed by atoms with E-state index < -0.39 is 0 Å². The van der Waals surface area contributed by atoms with Crippen LogP contribution in [0.4, 0.5) is 0 Å². The molecule has 0 radical (unpaired) electrons. The molecule has 3 rings (SSSR count). The molecule has 126 valence electrons. The van der Waals surface area contributed by atoms with Gasteiger partial charge in [-0.2, -0.15) is 0 Å². The van der Waals surface area contributed by atoms with Gasteiger partial charge in [-0.05, 0) is 48.7 Å². The van der Waals surface area contributed by atoms with Gasteiger partial charge in [-0.15, -0.1) is 0 Å². The smallest absolute Gasteiger partial charge is 0.261 e. The van der Waals surface area contributed by atoms with Gasteiger partial charge in [0.1, 0.15) is 11.5 Å². The maximum atomic E-state index is 12.6. The molecule has 1 amide bonds. The number of ether oxygens (including phenoxy) is 2. The molecule has 1 heterocycles. The molecule has 0 unspecified atom stereocenters. The third kappa shape index (κ3) is 3.90. The molecular weight excluding hydrogens is 370 g/mol. The van der Waals surface area contributed by atoms with Crippen molar-refractivity contribution in [2.45, 2.75) is 18.9 Å². The number of rotatable bonds is 5. The van der Waals surface area contributed by atoms with Crippen LogP contribution in [0.2, 0.25) is 0 Å². The molecule has 1 aliphatic heterocycles. The predicted molar refractivity (Wildman–Crippen MR) is 96.3 cm³/mol.